The second-order valence-electron chi connectivity index (χ2n) is 7.17. The molecule has 1 aromatic carbocycles. The van der Waals surface area contributed by atoms with E-state index in [2.05, 4.69) is 9.98 Å². The van der Waals surface area contributed by atoms with Crippen LogP contribution in [-0.4, -0.2) is 33.0 Å². The third-order valence-electron chi connectivity index (χ3n) is 4.95. The monoisotopic (exact) mass is 469 g/mol. The number of aliphatic imine (C=N–C) groups is 1. The van der Waals surface area contributed by atoms with Gasteiger partial charge in [0.2, 0.25) is 5.88 Å². The van der Waals surface area contributed by atoms with Crippen molar-refractivity contribution in [2.75, 3.05) is 0 Å². The molecule has 0 radical (unpaired) electrons. The number of carboxylic acids is 1. The van der Waals surface area contributed by atoms with Gasteiger partial charge < -0.3 is 14.6 Å². The Bertz CT molecular complexity index is 1500. The molecule has 0 aliphatic carbocycles. The summed E-state index contributed by atoms with van der Waals surface area (Å²) < 4.78 is 8.09. The molecule has 2 aromatic heterocycles. The molecular weight excluding hydrogens is 450 g/mol. The molecule has 0 unspecified atom stereocenters. The number of hydrogen-bond acceptors (Lipinski definition) is 7. The van der Waals surface area contributed by atoms with Gasteiger partial charge in [-0.25, -0.2) is 4.99 Å². The number of aromatic hydroxyl groups is 1. The highest BCUT2D eigenvalue weighted by atomic mass is 32.1. The maximum atomic E-state index is 12.0. The van der Waals surface area contributed by atoms with E-state index in [1.54, 1.807) is 34.9 Å². The number of rotatable bonds is 7. The summed E-state index contributed by atoms with van der Waals surface area (Å²) in [5.41, 5.74) is 1.53. The highest BCUT2D eigenvalue weighted by Crippen LogP contribution is 2.27. The van der Waals surface area contributed by atoms with Crippen molar-refractivity contribution in [3.63, 3.8) is 0 Å². The van der Waals surface area contributed by atoms with Crippen molar-refractivity contribution in [1.29, 1.82) is 0 Å². The number of aliphatic carboxylic acids is 1. The third kappa shape index (κ3) is 4.76. The van der Waals surface area contributed by atoms with E-state index in [1.807, 2.05) is 6.07 Å². The molecule has 1 amide bonds. The van der Waals surface area contributed by atoms with Crippen LogP contribution in [-0.2, 0) is 11.3 Å². The molecule has 0 saturated heterocycles. The molecular formula is C22H19N3O5S2. The summed E-state index contributed by atoms with van der Waals surface area (Å²) in [5.74, 6) is -1.08. The lowest BCUT2D eigenvalue weighted by atomic mass is 10.1. The van der Waals surface area contributed by atoms with E-state index in [0.717, 1.165) is 18.1 Å². The van der Waals surface area contributed by atoms with Gasteiger partial charge in [-0.2, -0.15) is 4.99 Å². The van der Waals surface area contributed by atoms with Crippen LogP contribution in [0.25, 0.3) is 6.08 Å². The summed E-state index contributed by atoms with van der Waals surface area (Å²) in [4.78, 5) is 30.9. The number of hydrogen-bond donors (Lipinski definition) is 2. The highest BCUT2D eigenvalue weighted by molar-refractivity contribution is 7.73. The molecule has 0 bridgehead atoms. The van der Waals surface area contributed by atoms with E-state index in [4.69, 9.17) is 21.7 Å². The van der Waals surface area contributed by atoms with Gasteiger partial charge in [-0.15, -0.1) is 11.3 Å². The third-order valence-corrected chi connectivity index (χ3v) is 6.34. The van der Waals surface area contributed by atoms with Crippen LogP contribution in [0.3, 0.4) is 0 Å². The van der Waals surface area contributed by atoms with Gasteiger partial charge in [-0.05, 0) is 55.4 Å². The number of benzene rings is 1. The van der Waals surface area contributed by atoms with Gasteiger partial charge in [0.15, 0.2) is 3.95 Å². The summed E-state index contributed by atoms with van der Waals surface area (Å²) in [6.45, 7) is 0.523. The predicted octanol–water partition coefficient (Wildman–Crippen LogP) is 3.14. The first-order valence-electron chi connectivity index (χ1n) is 9.93. The molecule has 0 atom stereocenters. The minimum atomic E-state index is -0.805. The molecule has 10 heteroatoms. The van der Waals surface area contributed by atoms with Gasteiger partial charge in [0.25, 0.3) is 5.91 Å². The molecule has 2 N–H and O–H groups in total. The number of nitrogens with zero attached hydrogens (tertiary/aromatic N) is 3. The molecule has 0 spiro atoms. The quantitative estimate of drug-likeness (QED) is 0.406. The Morgan fingerprint density at radius 3 is 2.88 bits per heavy atom. The van der Waals surface area contributed by atoms with Crippen LogP contribution in [0.15, 0.2) is 44.7 Å². The topological polar surface area (TPSA) is 117 Å². The number of unbranched alkanes of at least 4 members (excludes halogenated alkanes) is 2. The fourth-order valence-corrected chi connectivity index (χ4v) is 4.63. The van der Waals surface area contributed by atoms with Crippen LogP contribution in [0.4, 0.5) is 0 Å². The maximum Gasteiger partial charge on any atom is 0.303 e. The number of amides is 1. The Morgan fingerprint density at radius 1 is 1.22 bits per heavy atom. The number of carboxylic acid groups (broad SMARTS) is 1. The SMILES string of the molecule is O=C(O)CCCCCn1c(O)c(/C=c2/cc/c(=c3/ccc4c(c3)C(=O)N=CN=4)o2)sc1=S. The van der Waals surface area contributed by atoms with E-state index in [1.165, 1.54) is 17.7 Å². The van der Waals surface area contributed by atoms with Crippen LogP contribution in [0, 0.1) is 14.6 Å². The van der Waals surface area contributed by atoms with Gasteiger partial charge in [-0.1, -0.05) is 6.42 Å². The molecule has 4 rings (SSSR count). The Hall–Kier alpha value is -3.37. The number of aromatic nitrogens is 1. The summed E-state index contributed by atoms with van der Waals surface area (Å²) in [5, 5.41) is 20.6. The van der Waals surface area contributed by atoms with E-state index >= 15 is 0 Å². The predicted molar refractivity (Wildman–Crippen MR) is 121 cm³/mol. The molecule has 3 aromatic rings. The largest absolute Gasteiger partial charge is 0.493 e. The van der Waals surface area contributed by atoms with Crippen LogP contribution in [0.5, 0.6) is 5.88 Å². The lowest BCUT2D eigenvalue weighted by Crippen LogP contribution is -2.17. The van der Waals surface area contributed by atoms with Crippen LogP contribution < -0.4 is 10.8 Å². The average molecular weight is 470 g/mol. The molecule has 1 aliphatic heterocycles. The standard InChI is InChI=1S/C22H19N3O5S2/c26-19(27)4-2-1-3-9-25-21(29)18(32-22(25)31)11-14-6-8-17(30-14)13-5-7-16-15(10-13)20(28)24-12-23-16/h5-8,10-12,29H,1-4,9H2,(H,26,27)/b14-11-,17-13+. The van der Waals surface area contributed by atoms with E-state index < -0.39 is 5.97 Å². The number of furan rings is 1. The van der Waals surface area contributed by atoms with Gasteiger partial charge in [0.05, 0.1) is 15.8 Å². The highest BCUT2D eigenvalue weighted by Gasteiger charge is 2.11. The zero-order valence-corrected chi connectivity index (χ0v) is 18.5. The molecule has 3 heterocycles. The Labute approximate surface area is 190 Å². The minimum absolute atomic E-state index is 0.0648. The van der Waals surface area contributed by atoms with Gasteiger partial charge in [0.1, 0.15) is 17.2 Å². The number of thiazole rings is 1. The van der Waals surface area contributed by atoms with Gasteiger partial charge in [0, 0.05) is 24.3 Å². The van der Waals surface area contributed by atoms with Crippen LogP contribution in [0.2, 0.25) is 0 Å². The first-order chi connectivity index (χ1) is 15.4. The first-order valence-corrected chi connectivity index (χ1v) is 11.2. The van der Waals surface area contributed by atoms with Crippen molar-refractivity contribution >= 4 is 47.8 Å². The molecule has 0 saturated carbocycles. The Balaban J connectivity index is 1.60. The van der Waals surface area contributed by atoms with Crippen LogP contribution >= 0.6 is 23.6 Å². The summed E-state index contributed by atoms with van der Waals surface area (Å²) >= 11 is 6.64. The van der Waals surface area contributed by atoms with Crippen molar-refractivity contribution in [3.05, 3.63) is 66.1 Å². The lowest BCUT2D eigenvalue weighted by molar-refractivity contribution is -0.137. The Morgan fingerprint density at radius 2 is 2.06 bits per heavy atom. The van der Waals surface area contributed by atoms with Crippen molar-refractivity contribution in [2.24, 2.45) is 9.98 Å². The van der Waals surface area contributed by atoms with E-state index in [9.17, 15) is 14.7 Å². The second kappa shape index (κ2) is 9.41. The summed E-state index contributed by atoms with van der Waals surface area (Å²) in [6.07, 6.45) is 5.16. The minimum Gasteiger partial charge on any atom is -0.493 e. The summed E-state index contributed by atoms with van der Waals surface area (Å²) in [6, 6.07) is 8.82. The van der Waals surface area contributed by atoms with Crippen molar-refractivity contribution in [1.82, 2.24) is 4.57 Å². The molecule has 32 heavy (non-hydrogen) atoms. The maximum absolute atomic E-state index is 12.0. The van der Waals surface area contributed by atoms with Crippen molar-refractivity contribution in [3.8, 4) is 5.88 Å². The summed E-state index contributed by atoms with van der Waals surface area (Å²) in [7, 11) is 0. The second-order valence-corrected chi connectivity index (χ2v) is 8.84. The Kier molecular flexibility index (Phi) is 6.42. The van der Waals surface area contributed by atoms with Crippen LogP contribution in [0.1, 0.15) is 40.9 Å². The van der Waals surface area contributed by atoms with E-state index in [0.29, 0.717) is 43.5 Å². The normalized spacial score (nSPS) is 14.4. The zero-order chi connectivity index (χ0) is 22.7. The van der Waals surface area contributed by atoms with Crippen molar-refractivity contribution in [2.45, 2.75) is 32.2 Å². The smallest absolute Gasteiger partial charge is 0.303 e. The molecule has 0 fully saturated rings. The van der Waals surface area contributed by atoms with E-state index in [-0.39, 0.29) is 18.2 Å². The molecule has 8 nitrogen and oxygen atoms in total. The van der Waals surface area contributed by atoms with Crippen molar-refractivity contribution < 1.29 is 24.2 Å². The molecule has 164 valence electrons. The number of carbonyl (C=O) groups excluding carboxylic acids is 1. The fourth-order valence-electron chi connectivity index (χ4n) is 3.33. The van der Waals surface area contributed by atoms with Gasteiger partial charge in [-0.3, -0.25) is 14.2 Å². The number of carbonyl (C=O) groups is 2. The molecule has 1 aliphatic rings. The lowest BCUT2D eigenvalue weighted by Gasteiger charge is -2.04. The zero-order valence-electron chi connectivity index (χ0n) is 16.9. The number of fused-ring (bicyclic) bond motifs is 1. The fraction of sp³-hybridized carbons (Fsp3) is 0.227. The first kappa shape index (κ1) is 21.8. The average Bonchev–Trinajstić information content (AvgIpc) is 3.33. The van der Waals surface area contributed by atoms with Gasteiger partial charge >= 0.3 is 5.97 Å².